The highest BCUT2D eigenvalue weighted by Gasteiger charge is 2.16. The molecule has 4 aromatic rings. The fourth-order valence-electron chi connectivity index (χ4n) is 3.45. The summed E-state index contributed by atoms with van der Waals surface area (Å²) < 4.78 is 5.00. The van der Waals surface area contributed by atoms with Crippen LogP contribution in [0.15, 0.2) is 65.4 Å². The molecule has 0 unspecified atom stereocenters. The van der Waals surface area contributed by atoms with Crippen LogP contribution in [0.2, 0.25) is 0 Å². The molecule has 30 heavy (non-hydrogen) atoms. The Labute approximate surface area is 184 Å². The number of hydrogen-bond donors (Lipinski definition) is 1. The van der Waals surface area contributed by atoms with E-state index < -0.39 is 0 Å². The number of fused-ring (bicyclic) bond motifs is 1. The summed E-state index contributed by atoms with van der Waals surface area (Å²) in [4.78, 5) is 15.0. The normalized spacial score (nSPS) is 11.4. The number of nitrogens with zero attached hydrogens (tertiary/aromatic N) is 4. The second-order valence-corrected chi connectivity index (χ2v) is 8.49. The third-order valence-corrected chi connectivity index (χ3v) is 5.67. The SMILES string of the molecule is Cc1c(C(=O)Nc2ccc3c(ccn3CCN(C)C)c2)cnn1-c1ccc(Br)cc1. The van der Waals surface area contributed by atoms with Gasteiger partial charge < -0.3 is 14.8 Å². The third kappa shape index (κ3) is 4.17. The highest BCUT2D eigenvalue weighted by Crippen LogP contribution is 2.22. The lowest BCUT2D eigenvalue weighted by molar-refractivity contribution is 0.102. The first-order valence-electron chi connectivity index (χ1n) is 9.78. The zero-order valence-electron chi connectivity index (χ0n) is 17.3. The van der Waals surface area contributed by atoms with Crippen LogP contribution in [-0.2, 0) is 6.54 Å². The van der Waals surface area contributed by atoms with Crippen LogP contribution in [-0.4, -0.2) is 45.8 Å². The lowest BCUT2D eigenvalue weighted by Crippen LogP contribution is -2.17. The summed E-state index contributed by atoms with van der Waals surface area (Å²) in [6.07, 6.45) is 3.70. The number of aromatic nitrogens is 3. The topological polar surface area (TPSA) is 55.1 Å². The van der Waals surface area contributed by atoms with Crippen molar-refractivity contribution in [2.75, 3.05) is 26.0 Å². The van der Waals surface area contributed by atoms with Crippen LogP contribution in [0.25, 0.3) is 16.6 Å². The number of benzene rings is 2. The van der Waals surface area contributed by atoms with E-state index in [1.54, 1.807) is 10.9 Å². The van der Waals surface area contributed by atoms with Gasteiger partial charge in [0.05, 0.1) is 23.1 Å². The fraction of sp³-hybridized carbons (Fsp3) is 0.217. The molecule has 0 spiro atoms. The Kier molecular flexibility index (Phi) is 5.74. The molecule has 0 atom stereocenters. The number of halogens is 1. The van der Waals surface area contributed by atoms with E-state index in [0.717, 1.165) is 45.5 Å². The summed E-state index contributed by atoms with van der Waals surface area (Å²) in [6.45, 7) is 3.80. The molecule has 0 radical (unpaired) electrons. The van der Waals surface area contributed by atoms with E-state index in [9.17, 15) is 4.79 Å². The number of likely N-dealkylation sites (N-methyl/N-ethyl adjacent to an activating group) is 1. The number of amides is 1. The molecule has 0 saturated heterocycles. The van der Waals surface area contributed by atoms with Crippen molar-refractivity contribution in [3.8, 4) is 5.69 Å². The van der Waals surface area contributed by atoms with Gasteiger partial charge in [-0.1, -0.05) is 15.9 Å². The minimum absolute atomic E-state index is 0.165. The van der Waals surface area contributed by atoms with Crippen molar-refractivity contribution >= 4 is 38.4 Å². The summed E-state index contributed by atoms with van der Waals surface area (Å²) in [5, 5.41) is 8.51. The van der Waals surface area contributed by atoms with E-state index in [1.165, 1.54) is 0 Å². The molecule has 0 aliphatic rings. The maximum absolute atomic E-state index is 12.9. The van der Waals surface area contributed by atoms with E-state index >= 15 is 0 Å². The minimum Gasteiger partial charge on any atom is -0.346 e. The largest absolute Gasteiger partial charge is 0.346 e. The van der Waals surface area contributed by atoms with Gasteiger partial charge in [-0.2, -0.15) is 5.10 Å². The fourth-order valence-corrected chi connectivity index (χ4v) is 3.72. The quantitative estimate of drug-likeness (QED) is 0.448. The molecule has 0 saturated carbocycles. The van der Waals surface area contributed by atoms with Gasteiger partial charge in [-0.3, -0.25) is 4.79 Å². The maximum atomic E-state index is 12.9. The van der Waals surface area contributed by atoms with Gasteiger partial charge in [0, 0.05) is 40.3 Å². The van der Waals surface area contributed by atoms with Gasteiger partial charge >= 0.3 is 0 Å². The van der Waals surface area contributed by atoms with Crippen molar-refractivity contribution in [1.29, 1.82) is 0 Å². The third-order valence-electron chi connectivity index (χ3n) is 5.14. The predicted octanol–water partition coefficient (Wildman–Crippen LogP) is 4.71. The summed E-state index contributed by atoms with van der Waals surface area (Å²) >= 11 is 3.44. The number of carbonyl (C=O) groups excluding carboxylic acids is 1. The van der Waals surface area contributed by atoms with Gasteiger partial charge in [-0.25, -0.2) is 4.68 Å². The Bertz CT molecular complexity index is 1190. The molecule has 4 rings (SSSR count). The average molecular weight is 466 g/mol. The molecule has 6 nitrogen and oxygen atoms in total. The van der Waals surface area contributed by atoms with E-state index in [1.807, 2.05) is 43.3 Å². The molecule has 1 N–H and O–H groups in total. The first kappa shape index (κ1) is 20.4. The van der Waals surface area contributed by atoms with E-state index in [4.69, 9.17) is 0 Å². The maximum Gasteiger partial charge on any atom is 0.259 e. The molecule has 0 bridgehead atoms. The van der Waals surface area contributed by atoms with Gasteiger partial charge in [-0.15, -0.1) is 0 Å². The Hall–Kier alpha value is -2.90. The minimum atomic E-state index is -0.165. The van der Waals surface area contributed by atoms with Crippen LogP contribution < -0.4 is 5.32 Å². The number of carbonyl (C=O) groups is 1. The molecule has 154 valence electrons. The van der Waals surface area contributed by atoms with Crippen molar-refractivity contribution in [3.05, 3.63) is 76.7 Å². The number of nitrogens with one attached hydrogen (secondary N) is 1. The van der Waals surface area contributed by atoms with E-state index in [0.29, 0.717) is 5.56 Å². The van der Waals surface area contributed by atoms with Gasteiger partial charge in [-0.05, 0) is 69.6 Å². The average Bonchev–Trinajstić information content (AvgIpc) is 3.30. The van der Waals surface area contributed by atoms with Crippen molar-refractivity contribution < 1.29 is 4.79 Å². The molecule has 7 heteroatoms. The van der Waals surface area contributed by atoms with Gasteiger partial charge in [0.25, 0.3) is 5.91 Å². The molecule has 0 aliphatic heterocycles. The molecule has 2 aromatic carbocycles. The van der Waals surface area contributed by atoms with Crippen molar-refractivity contribution in [3.63, 3.8) is 0 Å². The zero-order valence-corrected chi connectivity index (χ0v) is 18.8. The van der Waals surface area contributed by atoms with Crippen molar-refractivity contribution in [2.45, 2.75) is 13.5 Å². The Balaban J connectivity index is 1.52. The Morgan fingerprint density at radius 3 is 2.63 bits per heavy atom. The number of hydrogen-bond acceptors (Lipinski definition) is 3. The molecular formula is C23H24BrN5O. The summed E-state index contributed by atoms with van der Waals surface area (Å²) in [5.74, 6) is -0.165. The summed E-state index contributed by atoms with van der Waals surface area (Å²) in [6, 6.07) is 15.9. The van der Waals surface area contributed by atoms with Crippen LogP contribution in [0, 0.1) is 6.92 Å². The predicted molar refractivity (Wildman–Crippen MR) is 124 cm³/mol. The van der Waals surface area contributed by atoms with Crippen LogP contribution >= 0.6 is 15.9 Å². The lowest BCUT2D eigenvalue weighted by Gasteiger charge is -2.11. The highest BCUT2D eigenvalue weighted by molar-refractivity contribution is 9.10. The molecular weight excluding hydrogens is 442 g/mol. The molecule has 2 heterocycles. The van der Waals surface area contributed by atoms with Gasteiger partial charge in [0.2, 0.25) is 0 Å². The van der Waals surface area contributed by atoms with Crippen LogP contribution in [0.1, 0.15) is 16.1 Å². The smallest absolute Gasteiger partial charge is 0.259 e. The van der Waals surface area contributed by atoms with Crippen LogP contribution in [0.3, 0.4) is 0 Å². The molecule has 0 fully saturated rings. The second kappa shape index (κ2) is 8.45. The van der Waals surface area contributed by atoms with E-state index in [2.05, 4.69) is 68.2 Å². The number of anilines is 1. The van der Waals surface area contributed by atoms with Crippen molar-refractivity contribution in [1.82, 2.24) is 19.2 Å². The monoisotopic (exact) mass is 465 g/mol. The van der Waals surface area contributed by atoms with Crippen LogP contribution in [0.5, 0.6) is 0 Å². The Morgan fingerprint density at radius 1 is 1.13 bits per heavy atom. The summed E-state index contributed by atoms with van der Waals surface area (Å²) in [5.41, 5.74) is 4.20. The molecule has 0 aliphatic carbocycles. The highest BCUT2D eigenvalue weighted by atomic mass is 79.9. The zero-order chi connectivity index (χ0) is 21.3. The summed E-state index contributed by atoms with van der Waals surface area (Å²) in [7, 11) is 4.14. The van der Waals surface area contributed by atoms with E-state index in [-0.39, 0.29) is 5.91 Å². The van der Waals surface area contributed by atoms with Crippen molar-refractivity contribution in [2.24, 2.45) is 0 Å². The van der Waals surface area contributed by atoms with Gasteiger partial charge in [0.1, 0.15) is 0 Å². The first-order chi connectivity index (χ1) is 14.4. The first-order valence-corrected chi connectivity index (χ1v) is 10.6. The molecule has 2 aromatic heterocycles. The van der Waals surface area contributed by atoms with Crippen LogP contribution in [0.4, 0.5) is 5.69 Å². The molecule has 1 amide bonds. The Morgan fingerprint density at radius 2 is 1.90 bits per heavy atom. The second-order valence-electron chi connectivity index (χ2n) is 7.57. The lowest BCUT2D eigenvalue weighted by atomic mass is 10.2. The van der Waals surface area contributed by atoms with Gasteiger partial charge in [0.15, 0.2) is 0 Å². The number of rotatable bonds is 6. The standard InChI is InChI=1S/C23H24BrN5O/c1-16-21(15-25-29(16)20-7-4-18(24)5-8-20)23(30)26-19-6-9-22-17(14-19)10-11-28(22)13-12-27(2)3/h4-11,14-15H,12-13H2,1-3H3,(H,26,30).